The first-order chi connectivity index (χ1) is 8.15. The van der Waals surface area contributed by atoms with Crippen molar-refractivity contribution in [2.24, 2.45) is 5.73 Å². The van der Waals surface area contributed by atoms with Crippen LogP contribution in [0.5, 0.6) is 0 Å². The molecule has 1 aromatic heterocycles. The number of carbonyl (C=O) groups excluding carboxylic acids is 1. The number of rotatable bonds is 7. The zero-order valence-corrected chi connectivity index (χ0v) is 11.2. The minimum atomic E-state index is -0.0548. The molecule has 1 rings (SSSR count). The second-order valence-corrected chi connectivity index (χ2v) is 4.78. The summed E-state index contributed by atoms with van der Waals surface area (Å²) in [6.07, 6.45) is 2.08. The molecule has 1 aromatic rings. The summed E-state index contributed by atoms with van der Waals surface area (Å²) in [4.78, 5) is 18.7. The van der Waals surface area contributed by atoms with Gasteiger partial charge in [0.2, 0.25) is 0 Å². The number of aromatic nitrogens is 1. The summed E-state index contributed by atoms with van der Waals surface area (Å²) in [5.41, 5.74) is 7.07. The number of thiocarbonyl (C=S) groups is 1. The number of thiazole rings is 1. The predicted octanol–water partition coefficient (Wildman–Crippen LogP) is 0.908. The maximum Gasteiger partial charge on any atom is 0.265 e. The van der Waals surface area contributed by atoms with Gasteiger partial charge < -0.3 is 15.4 Å². The number of carbonyl (C=O) groups is 1. The van der Waals surface area contributed by atoms with Gasteiger partial charge in [-0.2, -0.15) is 0 Å². The summed E-state index contributed by atoms with van der Waals surface area (Å²) in [5, 5.41) is 0. The van der Waals surface area contributed by atoms with Crippen molar-refractivity contribution in [2.45, 2.75) is 6.42 Å². The number of amides is 1. The van der Waals surface area contributed by atoms with Crippen LogP contribution in [0.15, 0.2) is 11.7 Å². The van der Waals surface area contributed by atoms with Gasteiger partial charge in [-0.15, -0.1) is 11.3 Å². The van der Waals surface area contributed by atoms with E-state index < -0.39 is 0 Å². The average Bonchev–Trinajstić information content (AvgIpc) is 2.81. The Bertz CT molecular complexity index is 368. The average molecular weight is 273 g/mol. The molecule has 0 saturated heterocycles. The van der Waals surface area contributed by atoms with Crippen molar-refractivity contribution in [1.82, 2.24) is 9.88 Å². The number of ether oxygens (including phenoxy) is 1. The van der Waals surface area contributed by atoms with E-state index in [4.69, 9.17) is 22.7 Å². The highest BCUT2D eigenvalue weighted by atomic mass is 32.1. The molecule has 5 nitrogen and oxygen atoms in total. The first kappa shape index (κ1) is 14.0. The molecule has 0 spiro atoms. The van der Waals surface area contributed by atoms with E-state index in [1.54, 1.807) is 23.7 Å². The molecule has 94 valence electrons. The van der Waals surface area contributed by atoms with E-state index >= 15 is 0 Å². The van der Waals surface area contributed by atoms with Crippen LogP contribution in [0.25, 0.3) is 0 Å². The van der Waals surface area contributed by atoms with Crippen molar-refractivity contribution >= 4 is 34.5 Å². The maximum absolute atomic E-state index is 12.1. The first-order valence-electron chi connectivity index (χ1n) is 5.10. The zero-order chi connectivity index (χ0) is 12.7. The van der Waals surface area contributed by atoms with Gasteiger partial charge in [-0.1, -0.05) is 12.2 Å². The van der Waals surface area contributed by atoms with E-state index in [0.717, 1.165) is 0 Å². The van der Waals surface area contributed by atoms with Crippen LogP contribution in [-0.4, -0.2) is 47.6 Å². The third-order valence-electron chi connectivity index (χ3n) is 2.12. The topological polar surface area (TPSA) is 68.5 Å². The lowest BCUT2D eigenvalue weighted by atomic mass is 10.3. The van der Waals surface area contributed by atoms with Crippen LogP contribution in [-0.2, 0) is 4.74 Å². The quantitative estimate of drug-likeness (QED) is 0.748. The van der Waals surface area contributed by atoms with Crippen LogP contribution in [0.4, 0.5) is 0 Å². The van der Waals surface area contributed by atoms with Crippen molar-refractivity contribution in [3.8, 4) is 0 Å². The van der Waals surface area contributed by atoms with E-state index in [0.29, 0.717) is 36.0 Å². The minimum absolute atomic E-state index is 0.0548. The monoisotopic (exact) mass is 273 g/mol. The van der Waals surface area contributed by atoms with Gasteiger partial charge in [0.05, 0.1) is 23.3 Å². The van der Waals surface area contributed by atoms with Crippen LogP contribution >= 0.6 is 23.6 Å². The Kier molecular flexibility index (Phi) is 6.03. The Hall–Kier alpha value is -1.05. The van der Waals surface area contributed by atoms with E-state index in [1.807, 2.05) is 0 Å². The number of hydrogen-bond acceptors (Lipinski definition) is 5. The smallest absolute Gasteiger partial charge is 0.265 e. The molecule has 1 heterocycles. The number of hydrogen-bond donors (Lipinski definition) is 1. The SMILES string of the molecule is COCCN(CCC(N)=S)C(=O)c1cncs1. The number of nitrogens with zero attached hydrogens (tertiary/aromatic N) is 2. The summed E-state index contributed by atoms with van der Waals surface area (Å²) >= 11 is 6.13. The largest absolute Gasteiger partial charge is 0.393 e. The lowest BCUT2D eigenvalue weighted by Crippen LogP contribution is -2.35. The molecule has 0 radical (unpaired) electrons. The van der Waals surface area contributed by atoms with Gasteiger partial charge in [-0.05, 0) is 0 Å². The molecule has 7 heteroatoms. The molecular formula is C10H15N3O2S2. The molecule has 17 heavy (non-hydrogen) atoms. The molecule has 0 aromatic carbocycles. The Morgan fingerprint density at radius 1 is 1.65 bits per heavy atom. The maximum atomic E-state index is 12.1. The van der Waals surface area contributed by atoms with Gasteiger partial charge in [0, 0.05) is 26.6 Å². The Labute approximate surface area is 110 Å². The summed E-state index contributed by atoms with van der Waals surface area (Å²) in [5.74, 6) is -0.0548. The molecule has 1 amide bonds. The van der Waals surface area contributed by atoms with Crippen LogP contribution in [0.2, 0.25) is 0 Å². The van der Waals surface area contributed by atoms with Gasteiger partial charge >= 0.3 is 0 Å². The third kappa shape index (κ3) is 4.76. The van der Waals surface area contributed by atoms with E-state index in [9.17, 15) is 4.79 Å². The summed E-state index contributed by atoms with van der Waals surface area (Å²) < 4.78 is 4.98. The first-order valence-corrected chi connectivity index (χ1v) is 6.39. The molecule has 0 aliphatic rings. The summed E-state index contributed by atoms with van der Waals surface area (Å²) in [6, 6.07) is 0. The predicted molar refractivity (Wildman–Crippen MR) is 71.3 cm³/mol. The summed E-state index contributed by atoms with van der Waals surface area (Å²) in [6.45, 7) is 1.52. The van der Waals surface area contributed by atoms with Crippen molar-refractivity contribution in [3.05, 3.63) is 16.6 Å². The molecule has 0 fully saturated rings. The summed E-state index contributed by atoms with van der Waals surface area (Å²) in [7, 11) is 1.60. The lowest BCUT2D eigenvalue weighted by Gasteiger charge is -2.21. The molecule has 0 bridgehead atoms. The fourth-order valence-electron chi connectivity index (χ4n) is 1.24. The normalized spacial score (nSPS) is 10.2. The van der Waals surface area contributed by atoms with Crippen LogP contribution in [0, 0.1) is 0 Å². The van der Waals surface area contributed by atoms with Gasteiger partial charge in [0.15, 0.2) is 0 Å². The van der Waals surface area contributed by atoms with Crippen LogP contribution in [0.1, 0.15) is 16.1 Å². The Morgan fingerprint density at radius 3 is 2.94 bits per heavy atom. The van der Waals surface area contributed by atoms with E-state index in [2.05, 4.69) is 4.98 Å². The molecule has 2 N–H and O–H groups in total. The second-order valence-electron chi connectivity index (χ2n) is 3.37. The van der Waals surface area contributed by atoms with Crippen molar-refractivity contribution in [2.75, 3.05) is 26.8 Å². The van der Waals surface area contributed by atoms with E-state index in [-0.39, 0.29) is 5.91 Å². The van der Waals surface area contributed by atoms with Crippen LogP contribution in [0.3, 0.4) is 0 Å². The fourth-order valence-corrected chi connectivity index (χ4v) is 1.92. The van der Waals surface area contributed by atoms with Crippen molar-refractivity contribution in [3.63, 3.8) is 0 Å². The third-order valence-corrected chi connectivity index (χ3v) is 3.09. The highest BCUT2D eigenvalue weighted by Gasteiger charge is 2.16. The molecule has 0 atom stereocenters. The molecule has 0 aliphatic heterocycles. The Morgan fingerprint density at radius 2 is 2.41 bits per heavy atom. The van der Waals surface area contributed by atoms with Crippen molar-refractivity contribution in [1.29, 1.82) is 0 Å². The molecule has 0 unspecified atom stereocenters. The van der Waals surface area contributed by atoms with Crippen LogP contribution < -0.4 is 5.73 Å². The molecule has 0 aliphatic carbocycles. The molecular weight excluding hydrogens is 258 g/mol. The van der Waals surface area contributed by atoms with E-state index in [1.165, 1.54) is 11.3 Å². The minimum Gasteiger partial charge on any atom is -0.393 e. The number of nitrogens with two attached hydrogens (primary N) is 1. The van der Waals surface area contributed by atoms with Gasteiger partial charge in [0.25, 0.3) is 5.91 Å². The highest BCUT2D eigenvalue weighted by Crippen LogP contribution is 2.10. The van der Waals surface area contributed by atoms with Crippen molar-refractivity contribution < 1.29 is 9.53 Å². The lowest BCUT2D eigenvalue weighted by molar-refractivity contribution is 0.0706. The number of methoxy groups -OCH3 is 1. The zero-order valence-electron chi connectivity index (χ0n) is 9.59. The molecule has 0 saturated carbocycles. The second kappa shape index (κ2) is 7.31. The van der Waals surface area contributed by atoms with Gasteiger partial charge in [-0.25, -0.2) is 0 Å². The highest BCUT2D eigenvalue weighted by molar-refractivity contribution is 7.80. The Balaban J connectivity index is 2.61. The standard InChI is InChI=1S/C10H15N3O2S2/c1-15-5-4-13(3-2-9(11)16)10(14)8-6-12-7-17-8/h6-7H,2-5H2,1H3,(H2,11,16). The van der Waals surface area contributed by atoms with Gasteiger partial charge in [-0.3, -0.25) is 9.78 Å². The van der Waals surface area contributed by atoms with Gasteiger partial charge in [0.1, 0.15) is 4.88 Å². The fraction of sp³-hybridized carbons (Fsp3) is 0.500.